The maximum Gasteiger partial charge on any atom is 0.116 e. The summed E-state index contributed by atoms with van der Waals surface area (Å²) >= 11 is 0. The number of H-pyrrole nitrogens is 1. The fraction of sp³-hybridized carbons (Fsp3) is 0.700. The average molecular weight is 339 g/mol. The van der Waals surface area contributed by atoms with Gasteiger partial charge in [-0.25, -0.2) is 0 Å². The van der Waals surface area contributed by atoms with Crippen molar-refractivity contribution in [3.63, 3.8) is 0 Å². The number of aromatic amines is 1. The van der Waals surface area contributed by atoms with Crippen LogP contribution in [-0.4, -0.2) is 37.3 Å². The molecule has 0 amide bonds. The van der Waals surface area contributed by atoms with Gasteiger partial charge in [-0.05, 0) is 73.5 Å². The number of aryl methyl sites for hydroxylation is 1. The standard InChI is InChI=1S/C20H25N3O2/c1-18-10-15(24)16-11-3-5-14-17(22-23-21-14)12(11)2-4-13(16)19(18)6-8-20(18,25)9-7-19/h3,5,13,15-16,24-25H,2,4,6-10H2,1H3,(H,21,22,23)/t13-,15-,16-,18+,19?,20?/m1/s1. The van der Waals surface area contributed by atoms with E-state index in [-0.39, 0.29) is 22.9 Å². The molecule has 1 aromatic heterocycles. The first-order valence-corrected chi connectivity index (χ1v) is 9.72. The van der Waals surface area contributed by atoms with Crippen molar-refractivity contribution in [3.05, 3.63) is 23.3 Å². The number of benzene rings is 1. The van der Waals surface area contributed by atoms with Gasteiger partial charge in [0.25, 0.3) is 0 Å². The van der Waals surface area contributed by atoms with E-state index in [0.29, 0.717) is 5.92 Å². The zero-order valence-electron chi connectivity index (χ0n) is 14.6. The van der Waals surface area contributed by atoms with Crippen LogP contribution >= 0.6 is 0 Å². The van der Waals surface area contributed by atoms with E-state index in [1.54, 1.807) is 0 Å². The second kappa shape index (κ2) is 4.26. The Balaban J connectivity index is 1.54. The minimum Gasteiger partial charge on any atom is -0.392 e. The SMILES string of the molecule is C[C@]12C[C@@H](O)[C@@H]3c4ccc5n[nH]nc5c4CC[C@H]3C13CCC2(O)CC3. The summed E-state index contributed by atoms with van der Waals surface area (Å²) in [5.41, 5.74) is 3.96. The van der Waals surface area contributed by atoms with Crippen LogP contribution in [0, 0.1) is 16.7 Å². The maximum absolute atomic E-state index is 11.3. The van der Waals surface area contributed by atoms with E-state index in [0.717, 1.165) is 56.0 Å². The van der Waals surface area contributed by atoms with Gasteiger partial charge in [-0.2, -0.15) is 15.4 Å². The van der Waals surface area contributed by atoms with Gasteiger partial charge in [-0.15, -0.1) is 0 Å². The van der Waals surface area contributed by atoms with Gasteiger partial charge in [0.2, 0.25) is 0 Å². The highest BCUT2D eigenvalue weighted by Gasteiger charge is 2.74. The van der Waals surface area contributed by atoms with Crippen LogP contribution in [0.1, 0.15) is 62.5 Å². The molecule has 4 aliphatic carbocycles. The molecule has 0 saturated heterocycles. The molecule has 2 aromatic rings. The van der Waals surface area contributed by atoms with E-state index >= 15 is 0 Å². The molecule has 0 radical (unpaired) electrons. The average Bonchev–Trinajstić information content (AvgIpc) is 3.23. The van der Waals surface area contributed by atoms with Crippen molar-refractivity contribution in [2.45, 2.75) is 69.5 Å². The largest absolute Gasteiger partial charge is 0.392 e. The van der Waals surface area contributed by atoms with Crippen molar-refractivity contribution in [1.29, 1.82) is 0 Å². The number of hydrogen-bond donors (Lipinski definition) is 3. The molecule has 3 N–H and O–H groups in total. The van der Waals surface area contributed by atoms with Crippen LogP contribution in [-0.2, 0) is 6.42 Å². The molecule has 1 heterocycles. The lowest BCUT2D eigenvalue weighted by Gasteiger charge is -2.58. The molecule has 0 unspecified atom stereocenters. The Bertz CT molecular complexity index is 882. The van der Waals surface area contributed by atoms with Crippen molar-refractivity contribution in [1.82, 2.24) is 15.4 Å². The summed E-state index contributed by atoms with van der Waals surface area (Å²) in [5, 5.41) is 33.8. The Morgan fingerprint density at radius 3 is 2.76 bits per heavy atom. The van der Waals surface area contributed by atoms with Crippen molar-refractivity contribution in [2.24, 2.45) is 16.7 Å². The van der Waals surface area contributed by atoms with Crippen molar-refractivity contribution in [3.8, 4) is 0 Å². The first kappa shape index (κ1) is 14.7. The fourth-order valence-corrected chi connectivity index (χ4v) is 7.75. The minimum atomic E-state index is -0.560. The number of nitrogens with zero attached hydrogens (tertiary/aromatic N) is 2. The van der Waals surface area contributed by atoms with E-state index in [9.17, 15) is 10.2 Å². The lowest BCUT2D eigenvalue weighted by Crippen LogP contribution is -2.56. The lowest BCUT2D eigenvalue weighted by atomic mass is 9.47. The van der Waals surface area contributed by atoms with E-state index in [1.807, 2.05) is 6.07 Å². The Morgan fingerprint density at radius 1 is 1.16 bits per heavy atom. The summed E-state index contributed by atoms with van der Waals surface area (Å²) in [7, 11) is 0. The highest BCUT2D eigenvalue weighted by Crippen LogP contribution is 2.77. The predicted octanol–water partition coefficient (Wildman–Crippen LogP) is 2.68. The lowest BCUT2D eigenvalue weighted by molar-refractivity contribution is -0.139. The van der Waals surface area contributed by atoms with Gasteiger partial charge in [0.05, 0.1) is 11.7 Å². The molecular weight excluding hydrogens is 314 g/mol. The van der Waals surface area contributed by atoms with Gasteiger partial charge in [0.15, 0.2) is 0 Å². The Labute approximate surface area is 146 Å². The zero-order chi connectivity index (χ0) is 17.0. The van der Waals surface area contributed by atoms with Gasteiger partial charge in [0, 0.05) is 11.3 Å². The molecule has 4 aliphatic rings. The number of fused-ring (bicyclic) bond motifs is 5. The van der Waals surface area contributed by atoms with Crippen LogP contribution in [0.2, 0.25) is 0 Å². The topological polar surface area (TPSA) is 82.0 Å². The van der Waals surface area contributed by atoms with Crippen molar-refractivity contribution < 1.29 is 10.2 Å². The molecule has 1 aromatic carbocycles. The monoisotopic (exact) mass is 339 g/mol. The molecule has 25 heavy (non-hydrogen) atoms. The molecule has 3 saturated carbocycles. The molecule has 6 rings (SSSR count). The normalized spacial score (nSPS) is 47.6. The summed E-state index contributed by atoms with van der Waals surface area (Å²) in [6.07, 6.45) is 6.50. The van der Waals surface area contributed by atoms with Crippen LogP contribution in [0.4, 0.5) is 0 Å². The van der Waals surface area contributed by atoms with E-state index in [2.05, 4.69) is 28.4 Å². The van der Waals surface area contributed by atoms with Crippen molar-refractivity contribution in [2.75, 3.05) is 0 Å². The molecule has 5 heteroatoms. The van der Waals surface area contributed by atoms with Gasteiger partial charge >= 0.3 is 0 Å². The highest BCUT2D eigenvalue weighted by molar-refractivity contribution is 5.79. The van der Waals surface area contributed by atoms with Gasteiger partial charge in [-0.1, -0.05) is 13.0 Å². The Morgan fingerprint density at radius 2 is 1.96 bits per heavy atom. The molecule has 5 nitrogen and oxygen atoms in total. The fourth-order valence-electron chi connectivity index (χ4n) is 7.75. The van der Waals surface area contributed by atoms with E-state index < -0.39 is 5.60 Å². The van der Waals surface area contributed by atoms with Crippen LogP contribution in [0.5, 0.6) is 0 Å². The maximum atomic E-state index is 11.3. The van der Waals surface area contributed by atoms with Crippen LogP contribution in [0.15, 0.2) is 12.1 Å². The van der Waals surface area contributed by atoms with Gasteiger partial charge < -0.3 is 10.2 Å². The van der Waals surface area contributed by atoms with Gasteiger partial charge in [0.1, 0.15) is 11.0 Å². The first-order valence-electron chi connectivity index (χ1n) is 9.72. The number of aromatic nitrogens is 3. The van der Waals surface area contributed by atoms with E-state index in [1.165, 1.54) is 11.1 Å². The van der Waals surface area contributed by atoms with E-state index in [4.69, 9.17) is 0 Å². The minimum absolute atomic E-state index is 0.129. The molecule has 0 aliphatic heterocycles. The summed E-state index contributed by atoms with van der Waals surface area (Å²) in [5.74, 6) is 0.646. The second-order valence-electron chi connectivity index (χ2n) is 9.29. The molecule has 132 valence electrons. The Kier molecular flexibility index (Phi) is 2.50. The third-order valence-corrected chi connectivity index (χ3v) is 8.96. The van der Waals surface area contributed by atoms with Crippen molar-refractivity contribution >= 4 is 11.0 Å². The molecule has 4 atom stereocenters. The van der Waals surface area contributed by atoms with Gasteiger partial charge in [-0.3, -0.25) is 0 Å². The van der Waals surface area contributed by atoms with Crippen LogP contribution in [0.3, 0.4) is 0 Å². The summed E-state index contributed by atoms with van der Waals surface area (Å²) in [6.45, 7) is 2.27. The number of aliphatic hydroxyl groups excluding tert-OH is 1. The number of rotatable bonds is 0. The molecule has 2 bridgehead atoms. The summed E-state index contributed by atoms with van der Waals surface area (Å²) in [6, 6.07) is 4.22. The van der Waals surface area contributed by atoms with Crippen LogP contribution < -0.4 is 0 Å². The number of hydrogen-bond acceptors (Lipinski definition) is 4. The number of aliphatic hydroxyl groups is 2. The summed E-state index contributed by atoms with van der Waals surface area (Å²) in [4.78, 5) is 0. The smallest absolute Gasteiger partial charge is 0.116 e. The third-order valence-electron chi connectivity index (χ3n) is 8.96. The third kappa shape index (κ3) is 1.43. The quantitative estimate of drug-likeness (QED) is 0.689. The molecule has 0 spiro atoms. The first-order chi connectivity index (χ1) is 12.0. The Hall–Kier alpha value is -1.46. The molecule has 3 fully saturated rings. The highest BCUT2D eigenvalue weighted by atomic mass is 16.3. The van der Waals surface area contributed by atoms with Crippen LogP contribution in [0.25, 0.3) is 11.0 Å². The predicted molar refractivity (Wildman–Crippen MR) is 93.0 cm³/mol. The second-order valence-corrected chi connectivity index (χ2v) is 9.29. The number of nitrogens with one attached hydrogen (secondary N) is 1. The zero-order valence-corrected chi connectivity index (χ0v) is 14.6. The summed E-state index contributed by atoms with van der Waals surface area (Å²) < 4.78 is 0. The molecular formula is C20H25N3O2.